The summed E-state index contributed by atoms with van der Waals surface area (Å²) in [6, 6.07) is 11.9. The monoisotopic (exact) mass is 399 g/mol. The van der Waals surface area contributed by atoms with Gasteiger partial charge in [-0.05, 0) is 55.8 Å². The fourth-order valence-corrected chi connectivity index (χ4v) is 3.44. The number of carbonyl (C=O) groups is 2. The maximum atomic E-state index is 12.5. The van der Waals surface area contributed by atoms with Gasteiger partial charge in [0.05, 0.1) is 22.4 Å². The molecule has 0 aliphatic carbocycles. The number of esters is 1. The molecule has 1 atom stereocenters. The molecule has 1 aromatic heterocycles. The van der Waals surface area contributed by atoms with E-state index >= 15 is 0 Å². The molecule has 0 aliphatic heterocycles. The Morgan fingerprint density at radius 3 is 2.61 bits per heavy atom. The highest BCUT2D eigenvalue weighted by atomic mass is 32.1. The molecule has 0 saturated carbocycles. The number of carbonyl (C=O) groups excluding carboxylic acids is 2. The first-order chi connectivity index (χ1) is 13.5. The van der Waals surface area contributed by atoms with E-state index in [1.165, 1.54) is 11.3 Å². The molecule has 3 N–H and O–H groups in total. The normalized spacial score (nSPS) is 11.8. The number of hydrogen-bond acceptors (Lipinski definition) is 7. The Labute approximate surface area is 166 Å². The van der Waals surface area contributed by atoms with Gasteiger partial charge in [0.15, 0.2) is 11.2 Å². The van der Waals surface area contributed by atoms with Crippen LogP contribution in [0, 0.1) is 0 Å². The number of fused-ring (bicyclic) bond motifs is 1. The van der Waals surface area contributed by atoms with Gasteiger partial charge in [-0.1, -0.05) is 18.3 Å². The first kappa shape index (κ1) is 19.6. The lowest BCUT2D eigenvalue weighted by Gasteiger charge is -2.15. The van der Waals surface area contributed by atoms with Crippen molar-refractivity contribution < 1.29 is 19.1 Å². The Hall–Kier alpha value is -3.13. The number of ether oxygens (including phenoxy) is 2. The molecule has 7 nitrogen and oxygen atoms in total. The van der Waals surface area contributed by atoms with Crippen LogP contribution in [0.15, 0.2) is 42.5 Å². The summed E-state index contributed by atoms with van der Waals surface area (Å²) >= 11 is 1.33. The molecule has 3 rings (SSSR count). The molecule has 1 amide bonds. The van der Waals surface area contributed by atoms with Crippen molar-refractivity contribution in [1.29, 1.82) is 0 Å². The Morgan fingerprint density at radius 1 is 1.18 bits per heavy atom. The number of nitrogens with one attached hydrogen (secondary N) is 1. The molecule has 0 fully saturated rings. The Balaban J connectivity index is 1.68. The second kappa shape index (κ2) is 8.71. The van der Waals surface area contributed by atoms with E-state index in [0.29, 0.717) is 29.4 Å². The number of benzene rings is 2. The Kier molecular flexibility index (Phi) is 6.10. The van der Waals surface area contributed by atoms with Crippen LogP contribution < -0.4 is 15.8 Å². The molecule has 8 heteroatoms. The number of nitrogens with two attached hydrogens (primary N) is 1. The molecule has 28 heavy (non-hydrogen) atoms. The molecule has 0 spiro atoms. The minimum atomic E-state index is -0.920. The van der Waals surface area contributed by atoms with Gasteiger partial charge in [0, 0.05) is 5.69 Å². The second-order valence-corrected chi connectivity index (χ2v) is 7.03. The predicted octanol–water partition coefficient (Wildman–Crippen LogP) is 3.85. The summed E-state index contributed by atoms with van der Waals surface area (Å²) in [6.07, 6.45) is -0.581. The van der Waals surface area contributed by atoms with E-state index in [9.17, 15) is 9.59 Å². The van der Waals surface area contributed by atoms with Crippen molar-refractivity contribution in [3.05, 3.63) is 48.0 Å². The van der Waals surface area contributed by atoms with Gasteiger partial charge in [0.2, 0.25) is 0 Å². The summed E-state index contributed by atoms with van der Waals surface area (Å²) in [5, 5.41) is 3.17. The number of amides is 1. The van der Waals surface area contributed by atoms with Crippen LogP contribution in [0.2, 0.25) is 0 Å². The van der Waals surface area contributed by atoms with Crippen molar-refractivity contribution >= 4 is 44.2 Å². The molecule has 1 heterocycles. The largest absolute Gasteiger partial charge is 0.494 e. The average Bonchev–Trinajstić information content (AvgIpc) is 3.08. The van der Waals surface area contributed by atoms with E-state index in [1.807, 2.05) is 25.1 Å². The molecule has 0 radical (unpaired) electrons. The van der Waals surface area contributed by atoms with Crippen LogP contribution >= 0.6 is 11.3 Å². The highest BCUT2D eigenvalue weighted by molar-refractivity contribution is 7.22. The van der Waals surface area contributed by atoms with Gasteiger partial charge >= 0.3 is 5.97 Å². The van der Waals surface area contributed by atoms with Crippen LogP contribution in [0.5, 0.6) is 5.75 Å². The zero-order valence-electron chi connectivity index (χ0n) is 15.6. The topological polar surface area (TPSA) is 104 Å². The number of hydrogen-bond donors (Lipinski definition) is 2. The van der Waals surface area contributed by atoms with Gasteiger partial charge < -0.3 is 15.2 Å². The lowest BCUT2D eigenvalue weighted by Crippen LogP contribution is -2.32. The van der Waals surface area contributed by atoms with Crippen LogP contribution in [0.4, 0.5) is 10.8 Å². The highest BCUT2D eigenvalue weighted by Gasteiger charge is 2.23. The van der Waals surface area contributed by atoms with Crippen molar-refractivity contribution in [2.45, 2.75) is 26.4 Å². The number of nitrogen functional groups attached to an aromatic ring is 1. The van der Waals surface area contributed by atoms with Crippen LogP contribution in [-0.4, -0.2) is 29.6 Å². The van der Waals surface area contributed by atoms with E-state index in [4.69, 9.17) is 15.2 Å². The number of thiazole rings is 1. The smallest absolute Gasteiger partial charge is 0.338 e. The van der Waals surface area contributed by atoms with E-state index < -0.39 is 18.0 Å². The summed E-state index contributed by atoms with van der Waals surface area (Å²) in [5.41, 5.74) is 7.26. The van der Waals surface area contributed by atoms with Crippen LogP contribution in [-0.2, 0) is 9.53 Å². The number of nitrogens with zero attached hydrogens (tertiary/aromatic N) is 1. The van der Waals surface area contributed by atoms with Gasteiger partial charge in [-0.3, -0.25) is 10.1 Å². The lowest BCUT2D eigenvalue weighted by atomic mass is 10.2. The Morgan fingerprint density at radius 2 is 1.93 bits per heavy atom. The fourth-order valence-electron chi connectivity index (χ4n) is 2.54. The van der Waals surface area contributed by atoms with E-state index in [0.717, 1.165) is 16.0 Å². The van der Waals surface area contributed by atoms with Crippen molar-refractivity contribution in [2.24, 2.45) is 0 Å². The second-order valence-electron chi connectivity index (χ2n) is 6.00. The van der Waals surface area contributed by atoms with Crippen LogP contribution in [0.1, 0.15) is 30.6 Å². The van der Waals surface area contributed by atoms with Crippen molar-refractivity contribution in [1.82, 2.24) is 4.98 Å². The summed E-state index contributed by atoms with van der Waals surface area (Å²) in [5.74, 6) is -0.247. The molecule has 1 unspecified atom stereocenters. The number of aromatic nitrogens is 1. The standard InChI is InChI=1S/C20H21N3O4S/c1-3-16(27-19(25)12-5-7-13(21)8-6-12)18(24)23-20-22-15-10-9-14(26-4-2)11-17(15)28-20/h5-11,16H,3-4,21H2,1-2H3,(H,22,23,24). The maximum Gasteiger partial charge on any atom is 0.338 e. The molecule has 0 saturated heterocycles. The minimum absolute atomic E-state index is 0.337. The van der Waals surface area contributed by atoms with Crippen molar-refractivity contribution in [3.63, 3.8) is 0 Å². The zero-order valence-corrected chi connectivity index (χ0v) is 16.4. The number of anilines is 2. The van der Waals surface area contributed by atoms with Crippen LogP contribution in [0.3, 0.4) is 0 Å². The highest BCUT2D eigenvalue weighted by Crippen LogP contribution is 2.29. The van der Waals surface area contributed by atoms with E-state index in [1.54, 1.807) is 31.2 Å². The molecular formula is C20H21N3O4S. The molecule has 3 aromatic rings. The van der Waals surface area contributed by atoms with Crippen molar-refractivity contribution in [2.75, 3.05) is 17.7 Å². The Bertz CT molecular complexity index is 985. The van der Waals surface area contributed by atoms with E-state index in [-0.39, 0.29) is 0 Å². The third-order valence-corrected chi connectivity index (χ3v) is 4.89. The first-order valence-electron chi connectivity index (χ1n) is 8.91. The SMILES string of the molecule is CCOc1ccc2nc(NC(=O)C(CC)OC(=O)c3ccc(N)cc3)sc2c1. The molecule has 2 aromatic carbocycles. The van der Waals surface area contributed by atoms with Gasteiger partial charge in [0.25, 0.3) is 5.91 Å². The minimum Gasteiger partial charge on any atom is -0.494 e. The maximum absolute atomic E-state index is 12.5. The molecule has 0 aliphatic rings. The average molecular weight is 399 g/mol. The third kappa shape index (κ3) is 4.58. The molecular weight excluding hydrogens is 378 g/mol. The van der Waals surface area contributed by atoms with Gasteiger partial charge in [-0.15, -0.1) is 0 Å². The zero-order chi connectivity index (χ0) is 20.1. The summed E-state index contributed by atoms with van der Waals surface area (Å²) in [7, 11) is 0. The summed E-state index contributed by atoms with van der Waals surface area (Å²) in [4.78, 5) is 29.2. The summed E-state index contributed by atoms with van der Waals surface area (Å²) < 4.78 is 11.7. The fraction of sp³-hybridized carbons (Fsp3) is 0.250. The molecule has 0 bridgehead atoms. The number of rotatable bonds is 7. The van der Waals surface area contributed by atoms with Crippen molar-refractivity contribution in [3.8, 4) is 5.75 Å². The quantitative estimate of drug-likeness (QED) is 0.462. The first-order valence-corrected chi connectivity index (χ1v) is 9.72. The van der Waals surface area contributed by atoms with Gasteiger partial charge in [-0.2, -0.15) is 0 Å². The van der Waals surface area contributed by atoms with Gasteiger partial charge in [0.1, 0.15) is 5.75 Å². The lowest BCUT2D eigenvalue weighted by molar-refractivity contribution is -0.124. The van der Waals surface area contributed by atoms with E-state index in [2.05, 4.69) is 10.3 Å². The summed E-state index contributed by atoms with van der Waals surface area (Å²) in [6.45, 7) is 4.26. The van der Waals surface area contributed by atoms with Gasteiger partial charge in [-0.25, -0.2) is 9.78 Å². The predicted molar refractivity (Wildman–Crippen MR) is 110 cm³/mol. The molecule has 146 valence electrons. The van der Waals surface area contributed by atoms with Crippen LogP contribution in [0.25, 0.3) is 10.2 Å². The third-order valence-electron chi connectivity index (χ3n) is 3.96.